The van der Waals surface area contributed by atoms with Gasteiger partial charge in [0.1, 0.15) is 0 Å². The number of rotatable bonds is 2. The summed E-state index contributed by atoms with van der Waals surface area (Å²) in [7, 11) is 1.32. The molecule has 0 spiro atoms. The monoisotopic (exact) mass is 197 g/mol. The summed E-state index contributed by atoms with van der Waals surface area (Å²) in [4.78, 5) is 23.8. The molecule has 1 heterocycles. The van der Waals surface area contributed by atoms with Crippen LogP contribution < -0.4 is 0 Å². The van der Waals surface area contributed by atoms with Gasteiger partial charge in [-0.25, -0.2) is 4.79 Å². The van der Waals surface area contributed by atoms with Gasteiger partial charge in [0, 0.05) is 25.2 Å². The summed E-state index contributed by atoms with van der Waals surface area (Å²) in [5.41, 5.74) is 0. The highest BCUT2D eigenvalue weighted by Gasteiger charge is 2.13. The van der Waals surface area contributed by atoms with Crippen LogP contribution in [-0.4, -0.2) is 30.4 Å². The molecule has 4 nitrogen and oxygen atoms in total. The highest BCUT2D eigenvalue weighted by molar-refractivity contribution is 5.83. The van der Waals surface area contributed by atoms with Gasteiger partial charge in [0.25, 0.3) is 0 Å². The number of nitrogens with zero attached hydrogens (tertiary/aromatic N) is 1. The van der Waals surface area contributed by atoms with Gasteiger partial charge in [-0.2, -0.15) is 0 Å². The Morgan fingerprint density at radius 1 is 1.43 bits per heavy atom. The van der Waals surface area contributed by atoms with Gasteiger partial charge in [-0.1, -0.05) is 6.42 Å². The molecule has 0 bridgehead atoms. The SMILES string of the molecule is COC(=O)C=CN1CCCCCC1=O. The Bertz CT molecular complexity index is 248. The Morgan fingerprint density at radius 2 is 2.21 bits per heavy atom. The number of methoxy groups -OCH3 is 1. The Kier molecular flexibility index (Phi) is 4.16. The second kappa shape index (κ2) is 5.42. The molecular weight excluding hydrogens is 182 g/mol. The lowest BCUT2D eigenvalue weighted by Crippen LogP contribution is -2.24. The molecule has 0 aromatic heterocycles. The molecule has 1 aliphatic rings. The van der Waals surface area contributed by atoms with Crippen LogP contribution in [0.3, 0.4) is 0 Å². The van der Waals surface area contributed by atoms with E-state index < -0.39 is 5.97 Å². The number of hydrogen-bond acceptors (Lipinski definition) is 3. The molecule has 0 saturated carbocycles. The molecule has 0 radical (unpaired) electrons. The van der Waals surface area contributed by atoms with Crippen molar-refractivity contribution in [3.05, 3.63) is 12.3 Å². The number of likely N-dealkylation sites (tertiary alicyclic amines) is 1. The van der Waals surface area contributed by atoms with Crippen LogP contribution in [0.15, 0.2) is 12.3 Å². The quantitative estimate of drug-likeness (QED) is 0.491. The van der Waals surface area contributed by atoms with Crippen LogP contribution in [0.25, 0.3) is 0 Å². The summed E-state index contributed by atoms with van der Waals surface area (Å²) in [6.07, 6.45) is 6.39. The molecule has 1 fully saturated rings. The maximum Gasteiger partial charge on any atom is 0.331 e. The highest BCUT2D eigenvalue weighted by Crippen LogP contribution is 2.11. The van der Waals surface area contributed by atoms with Gasteiger partial charge in [-0.05, 0) is 12.8 Å². The summed E-state index contributed by atoms with van der Waals surface area (Å²) >= 11 is 0. The van der Waals surface area contributed by atoms with Crippen LogP contribution in [0.2, 0.25) is 0 Å². The minimum Gasteiger partial charge on any atom is -0.466 e. The first-order valence-corrected chi connectivity index (χ1v) is 4.79. The minimum absolute atomic E-state index is 0.0858. The van der Waals surface area contributed by atoms with Crippen molar-refractivity contribution in [2.45, 2.75) is 25.7 Å². The molecule has 4 heteroatoms. The summed E-state index contributed by atoms with van der Waals surface area (Å²) < 4.78 is 4.44. The van der Waals surface area contributed by atoms with Crippen molar-refractivity contribution in [2.75, 3.05) is 13.7 Å². The van der Waals surface area contributed by atoms with Crippen LogP contribution in [0.4, 0.5) is 0 Å². The Labute approximate surface area is 83.5 Å². The maximum absolute atomic E-state index is 11.4. The molecule has 0 aliphatic carbocycles. The highest BCUT2D eigenvalue weighted by atomic mass is 16.5. The number of carbonyl (C=O) groups is 2. The fourth-order valence-corrected chi connectivity index (χ4v) is 1.38. The van der Waals surface area contributed by atoms with Gasteiger partial charge < -0.3 is 9.64 Å². The predicted molar refractivity (Wildman–Crippen MR) is 51.3 cm³/mol. The average molecular weight is 197 g/mol. The van der Waals surface area contributed by atoms with Crippen molar-refractivity contribution in [3.63, 3.8) is 0 Å². The number of amides is 1. The molecule has 1 rings (SSSR count). The molecule has 14 heavy (non-hydrogen) atoms. The first-order valence-electron chi connectivity index (χ1n) is 4.79. The van der Waals surface area contributed by atoms with E-state index in [9.17, 15) is 9.59 Å². The van der Waals surface area contributed by atoms with E-state index in [4.69, 9.17) is 0 Å². The molecule has 0 aromatic rings. The lowest BCUT2D eigenvalue weighted by Gasteiger charge is -2.14. The minimum atomic E-state index is -0.429. The van der Waals surface area contributed by atoms with Crippen LogP contribution in [-0.2, 0) is 14.3 Å². The summed E-state index contributed by atoms with van der Waals surface area (Å²) in [5, 5.41) is 0. The third-order valence-corrected chi connectivity index (χ3v) is 2.20. The zero-order valence-corrected chi connectivity index (χ0v) is 8.36. The second-order valence-corrected chi connectivity index (χ2v) is 3.24. The third-order valence-electron chi connectivity index (χ3n) is 2.20. The topological polar surface area (TPSA) is 46.6 Å². The Morgan fingerprint density at radius 3 is 2.93 bits per heavy atom. The largest absolute Gasteiger partial charge is 0.466 e. The van der Waals surface area contributed by atoms with Gasteiger partial charge in [0.05, 0.1) is 7.11 Å². The number of esters is 1. The van der Waals surface area contributed by atoms with Crippen LogP contribution >= 0.6 is 0 Å². The van der Waals surface area contributed by atoms with E-state index >= 15 is 0 Å². The van der Waals surface area contributed by atoms with Crippen molar-refractivity contribution in [1.82, 2.24) is 4.90 Å². The lowest BCUT2D eigenvalue weighted by molar-refractivity contribution is -0.134. The summed E-state index contributed by atoms with van der Waals surface area (Å²) in [6.45, 7) is 0.701. The van der Waals surface area contributed by atoms with E-state index in [1.165, 1.54) is 19.4 Å². The van der Waals surface area contributed by atoms with E-state index in [-0.39, 0.29) is 5.91 Å². The van der Waals surface area contributed by atoms with E-state index in [0.717, 1.165) is 19.3 Å². The fraction of sp³-hybridized carbons (Fsp3) is 0.600. The van der Waals surface area contributed by atoms with Crippen molar-refractivity contribution in [1.29, 1.82) is 0 Å². The number of carbonyl (C=O) groups excluding carboxylic acids is 2. The second-order valence-electron chi connectivity index (χ2n) is 3.24. The van der Waals surface area contributed by atoms with E-state index in [2.05, 4.69) is 4.74 Å². The molecule has 0 aromatic carbocycles. The Balaban J connectivity index is 2.52. The molecule has 0 N–H and O–H groups in total. The smallest absolute Gasteiger partial charge is 0.331 e. The zero-order valence-electron chi connectivity index (χ0n) is 8.36. The number of hydrogen-bond donors (Lipinski definition) is 0. The third kappa shape index (κ3) is 3.20. The average Bonchev–Trinajstić information content (AvgIpc) is 2.39. The van der Waals surface area contributed by atoms with E-state index in [0.29, 0.717) is 13.0 Å². The number of ether oxygens (including phenoxy) is 1. The Hall–Kier alpha value is -1.32. The molecule has 78 valence electrons. The van der Waals surface area contributed by atoms with Crippen LogP contribution in [0.1, 0.15) is 25.7 Å². The van der Waals surface area contributed by atoms with Crippen molar-refractivity contribution >= 4 is 11.9 Å². The molecule has 1 amide bonds. The van der Waals surface area contributed by atoms with E-state index in [1.807, 2.05) is 0 Å². The molecule has 0 unspecified atom stereocenters. The predicted octanol–water partition coefficient (Wildman–Crippen LogP) is 1.08. The molecule has 0 atom stereocenters. The lowest BCUT2D eigenvalue weighted by atomic mass is 10.2. The summed E-state index contributed by atoms with van der Waals surface area (Å²) in [5.74, 6) is -0.343. The van der Waals surface area contributed by atoms with Gasteiger partial charge in [0.2, 0.25) is 5.91 Å². The standard InChI is InChI=1S/C10H15NO3/c1-14-10(13)6-8-11-7-4-2-3-5-9(11)12/h6,8H,2-5,7H2,1H3. The van der Waals surface area contributed by atoms with Gasteiger partial charge in [0.15, 0.2) is 0 Å². The molecule has 1 saturated heterocycles. The zero-order chi connectivity index (χ0) is 10.4. The van der Waals surface area contributed by atoms with E-state index in [1.54, 1.807) is 4.90 Å². The summed E-state index contributed by atoms with van der Waals surface area (Å²) in [6, 6.07) is 0. The molecule has 1 aliphatic heterocycles. The molecular formula is C10H15NO3. The first-order chi connectivity index (χ1) is 6.74. The van der Waals surface area contributed by atoms with Gasteiger partial charge >= 0.3 is 5.97 Å². The first kappa shape index (κ1) is 10.8. The van der Waals surface area contributed by atoms with Crippen molar-refractivity contribution in [3.8, 4) is 0 Å². The fourth-order valence-electron chi connectivity index (χ4n) is 1.38. The van der Waals surface area contributed by atoms with Crippen LogP contribution in [0, 0.1) is 0 Å². The maximum atomic E-state index is 11.4. The normalized spacial score (nSPS) is 18.4. The van der Waals surface area contributed by atoms with Gasteiger partial charge in [-0.3, -0.25) is 4.79 Å². The van der Waals surface area contributed by atoms with Crippen LogP contribution in [0.5, 0.6) is 0 Å². The van der Waals surface area contributed by atoms with Gasteiger partial charge in [-0.15, -0.1) is 0 Å². The van der Waals surface area contributed by atoms with Crippen molar-refractivity contribution in [2.24, 2.45) is 0 Å². The van der Waals surface area contributed by atoms with Crippen molar-refractivity contribution < 1.29 is 14.3 Å².